The first kappa shape index (κ1) is 31.7. The Kier molecular flexibility index (Phi) is 10.4. The molecule has 0 fully saturated rings. The second-order valence-electron chi connectivity index (χ2n) is 9.49. The highest BCUT2D eigenvalue weighted by Crippen LogP contribution is 2.38. The predicted octanol–water partition coefficient (Wildman–Crippen LogP) is 6.14. The molecule has 11 nitrogen and oxygen atoms in total. The molecule has 0 radical (unpaired) electrons. The van der Waals surface area contributed by atoms with E-state index in [0.717, 1.165) is 20.7 Å². The van der Waals surface area contributed by atoms with Crippen molar-refractivity contribution in [2.45, 2.75) is 22.8 Å². The van der Waals surface area contributed by atoms with E-state index >= 15 is 0 Å². The number of rotatable bonds is 12. The molecule has 5 aromatic rings. The number of aromatic nitrogens is 3. The molecule has 0 saturated carbocycles. The van der Waals surface area contributed by atoms with Crippen LogP contribution in [-0.4, -0.2) is 51.8 Å². The van der Waals surface area contributed by atoms with Gasteiger partial charge < -0.3 is 14.9 Å². The molecule has 0 spiro atoms. The Morgan fingerprint density at radius 3 is 2.49 bits per heavy atom. The molecule has 13 heteroatoms. The summed E-state index contributed by atoms with van der Waals surface area (Å²) in [4.78, 5) is 36.5. The third-order valence-electron chi connectivity index (χ3n) is 6.51. The average molecular weight is 644 g/mol. The second-order valence-corrected chi connectivity index (χ2v) is 11.7. The Hall–Kier alpha value is -4.74. The summed E-state index contributed by atoms with van der Waals surface area (Å²) in [6.45, 7) is 1.50. The van der Waals surface area contributed by atoms with Gasteiger partial charge in [-0.3, -0.25) is 19.1 Å². The maximum absolute atomic E-state index is 13.9. The number of para-hydroxylation sites is 1. The topological polar surface area (TPSA) is 125 Å². The van der Waals surface area contributed by atoms with Gasteiger partial charge in [0, 0.05) is 33.6 Å². The molecule has 0 aliphatic heterocycles. The Balaban J connectivity index is 1.54. The van der Waals surface area contributed by atoms with Crippen LogP contribution in [0.1, 0.15) is 28.7 Å². The summed E-state index contributed by atoms with van der Waals surface area (Å²) in [5.74, 6) is -0.498. The molecule has 0 aliphatic rings. The third-order valence-corrected chi connectivity index (χ3v) is 8.59. The zero-order valence-corrected chi connectivity index (χ0v) is 26.4. The second kappa shape index (κ2) is 14.8. The third kappa shape index (κ3) is 7.68. The van der Waals surface area contributed by atoms with Gasteiger partial charge in [0.05, 0.1) is 29.6 Å². The zero-order chi connectivity index (χ0) is 31.8. The van der Waals surface area contributed by atoms with E-state index in [9.17, 15) is 14.2 Å². The number of esters is 1. The maximum Gasteiger partial charge on any atom is 0.328 e. The molecule has 1 unspecified atom stereocenters. The summed E-state index contributed by atoms with van der Waals surface area (Å²) in [6.07, 6.45) is 5.27. The first-order valence-electron chi connectivity index (χ1n) is 13.8. The number of carbonyl (C=O) groups is 2. The van der Waals surface area contributed by atoms with Crippen LogP contribution in [0.2, 0.25) is 0 Å². The number of amides is 1. The number of benzene rings is 3. The van der Waals surface area contributed by atoms with Crippen LogP contribution in [0, 0.1) is 0 Å². The summed E-state index contributed by atoms with van der Waals surface area (Å²) in [5.41, 5.74) is 2.28. The first-order valence-corrected chi connectivity index (χ1v) is 15.9. The van der Waals surface area contributed by atoms with Crippen molar-refractivity contribution < 1.29 is 28.4 Å². The highest BCUT2D eigenvalue weighted by Gasteiger charge is 2.29. The summed E-state index contributed by atoms with van der Waals surface area (Å²) >= 11 is 1.38. The van der Waals surface area contributed by atoms with E-state index in [1.165, 1.54) is 30.2 Å². The van der Waals surface area contributed by atoms with Crippen LogP contribution in [0.15, 0.2) is 107 Å². The van der Waals surface area contributed by atoms with E-state index < -0.39 is 20.2 Å². The van der Waals surface area contributed by atoms with E-state index in [4.69, 9.17) is 14.2 Å². The molecule has 2 aromatic heterocycles. The molecule has 2 atom stereocenters. The van der Waals surface area contributed by atoms with Crippen molar-refractivity contribution in [2.24, 2.45) is 0 Å². The quantitative estimate of drug-likeness (QED) is 0.0963. The van der Waals surface area contributed by atoms with Gasteiger partial charge in [-0.1, -0.05) is 48.2 Å². The number of hydrogen-bond donors (Lipinski definition) is 1. The molecular weight excluding hydrogens is 613 g/mol. The van der Waals surface area contributed by atoms with Crippen LogP contribution >= 0.6 is 19.9 Å². The Bertz CT molecular complexity index is 1850. The minimum atomic E-state index is -3.24. The number of carbonyl (C=O) groups excluding carboxylic acids is 2. The summed E-state index contributed by atoms with van der Waals surface area (Å²) in [5, 5.41) is 8.86. The van der Waals surface area contributed by atoms with Crippen molar-refractivity contribution in [2.75, 3.05) is 14.2 Å². The van der Waals surface area contributed by atoms with Gasteiger partial charge in [-0.25, -0.2) is 0 Å². The fraction of sp³-hybridized carbons (Fsp3) is 0.125. The molecule has 45 heavy (non-hydrogen) atoms. The van der Waals surface area contributed by atoms with Crippen molar-refractivity contribution >= 4 is 54.9 Å². The van der Waals surface area contributed by atoms with E-state index in [1.807, 2.05) is 54.6 Å². The lowest BCUT2D eigenvalue weighted by molar-refractivity contribution is -0.276. The van der Waals surface area contributed by atoms with Gasteiger partial charge in [0.2, 0.25) is 0 Å². The van der Waals surface area contributed by atoms with Crippen LogP contribution in [-0.2, 0) is 18.7 Å². The Morgan fingerprint density at radius 2 is 1.76 bits per heavy atom. The van der Waals surface area contributed by atoms with Gasteiger partial charge in [-0.2, -0.15) is 14.2 Å². The van der Waals surface area contributed by atoms with Gasteiger partial charge >= 0.3 is 14.1 Å². The molecule has 1 N–H and O–H groups in total. The number of nitrogens with one attached hydrogen (secondary N) is 1. The van der Waals surface area contributed by atoms with Crippen LogP contribution in [0.3, 0.4) is 0 Å². The van der Waals surface area contributed by atoms with E-state index in [0.29, 0.717) is 27.9 Å². The summed E-state index contributed by atoms with van der Waals surface area (Å²) in [6, 6.07) is 26.0. The lowest BCUT2D eigenvalue weighted by Crippen LogP contribution is -2.41. The Labute approximate surface area is 264 Å². The molecule has 1 amide bonds. The maximum atomic E-state index is 13.9. The highest BCUT2D eigenvalue weighted by molar-refractivity contribution is 7.99. The van der Waals surface area contributed by atoms with Crippen LogP contribution < -0.4 is 10.2 Å². The largest absolute Gasteiger partial charge is 0.468 e. The zero-order valence-electron chi connectivity index (χ0n) is 24.6. The fourth-order valence-corrected chi connectivity index (χ4v) is 6.20. The average Bonchev–Trinajstić information content (AvgIpc) is 3.45. The number of ether oxygens (including phenoxy) is 1. The van der Waals surface area contributed by atoms with Crippen molar-refractivity contribution in [1.82, 2.24) is 25.1 Å². The molecule has 0 saturated heterocycles. The van der Waals surface area contributed by atoms with Crippen LogP contribution in [0.5, 0.6) is 5.75 Å². The SMILES string of the molecule is CNC(=O)c1ccccc1Sc1ccc2c(/C=C/c3ccccn3)nn([PH](=O)ON(Oc3ccccc3)[C@@H](C)C(=O)OC)c2c1. The molecule has 230 valence electrons. The minimum absolute atomic E-state index is 0.206. The van der Waals surface area contributed by atoms with Crippen molar-refractivity contribution in [1.29, 1.82) is 0 Å². The first-order chi connectivity index (χ1) is 21.9. The fourth-order valence-electron chi connectivity index (χ4n) is 4.22. The normalized spacial score (nSPS) is 12.7. The van der Waals surface area contributed by atoms with Gasteiger partial charge in [-0.05, 0) is 73.7 Å². The predicted molar refractivity (Wildman–Crippen MR) is 173 cm³/mol. The number of methoxy groups -OCH3 is 1. The molecule has 5 rings (SSSR count). The number of nitrogens with zero attached hydrogens (tertiary/aromatic N) is 4. The monoisotopic (exact) mass is 643 g/mol. The molecule has 0 aliphatic carbocycles. The van der Waals surface area contributed by atoms with Crippen LogP contribution in [0.25, 0.3) is 23.1 Å². The highest BCUT2D eigenvalue weighted by atomic mass is 32.2. The molecule has 2 heterocycles. The van der Waals surface area contributed by atoms with Gasteiger partial charge in [0.15, 0.2) is 11.8 Å². The van der Waals surface area contributed by atoms with E-state index in [1.54, 1.807) is 61.8 Å². The van der Waals surface area contributed by atoms with Crippen molar-refractivity contribution in [3.8, 4) is 5.75 Å². The molecule has 3 aromatic carbocycles. The van der Waals surface area contributed by atoms with Crippen LogP contribution in [0.4, 0.5) is 0 Å². The smallest absolute Gasteiger partial charge is 0.328 e. The lowest BCUT2D eigenvalue weighted by atomic mass is 10.2. The summed E-state index contributed by atoms with van der Waals surface area (Å²) < 4.78 is 25.9. The standard InChI is InChI=1S/C32H30N5O6PS/c1-22(32(39)41-3)37(42-24-12-5-4-6-13-24)43-44(40)36-29-21-25(45-30-15-8-7-14-27(30)31(38)33-2)17-18-26(29)28(35-36)19-16-23-11-9-10-20-34-23/h4-22,44H,1-3H3,(H,33,38)/b19-16+/t22-/m0/s1. The van der Waals surface area contributed by atoms with Gasteiger partial charge in [0.1, 0.15) is 0 Å². The van der Waals surface area contributed by atoms with Crippen molar-refractivity contribution in [3.05, 3.63) is 114 Å². The number of fused-ring (bicyclic) bond motifs is 1. The number of pyridine rings is 1. The van der Waals surface area contributed by atoms with Gasteiger partial charge in [-0.15, -0.1) is 0 Å². The number of hydrogen-bond acceptors (Lipinski definition) is 10. The van der Waals surface area contributed by atoms with E-state index in [2.05, 4.69) is 15.4 Å². The van der Waals surface area contributed by atoms with Gasteiger partial charge in [0.25, 0.3) is 5.91 Å². The molecule has 0 bridgehead atoms. The summed E-state index contributed by atoms with van der Waals surface area (Å²) in [7, 11) is -0.422. The minimum Gasteiger partial charge on any atom is -0.468 e. The number of hydroxylamine groups is 2. The van der Waals surface area contributed by atoms with Crippen molar-refractivity contribution in [3.63, 3.8) is 0 Å². The molecular formula is C32H30N5O6PS. The Morgan fingerprint density at radius 1 is 1.00 bits per heavy atom. The van der Waals surface area contributed by atoms with E-state index in [-0.39, 0.29) is 5.91 Å². The lowest BCUT2D eigenvalue weighted by Gasteiger charge is -2.25.